The van der Waals surface area contributed by atoms with Gasteiger partial charge in [-0.2, -0.15) is 18.4 Å². The normalized spacial score (nSPS) is 11.7. The van der Waals surface area contributed by atoms with Crippen LogP contribution in [0.1, 0.15) is 11.1 Å². The Morgan fingerprint density at radius 1 is 0.309 bits per heavy atom. The molecule has 2 heterocycles. The summed E-state index contributed by atoms with van der Waals surface area (Å²) in [6.07, 6.45) is -4.84. The van der Waals surface area contributed by atoms with Gasteiger partial charge in [0.25, 0.3) is 0 Å². The number of hydrogen-bond acceptors (Lipinski definition) is 1. The lowest BCUT2D eigenvalue weighted by Gasteiger charge is -2.23. The van der Waals surface area contributed by atoms with Crippen molar-refractivity contribution in [2.24, 2.45) is 0 Å². The maximum absolute atomic E-state index is 16.8. The lowest BCUT2D eigenvalue weighted by Crippen LogP contribution is -2.16. The Morgan fingerprint density at radius 3 is 0.926 bits per heavy atom. The summed E-state index contributed by atoms with van der Waals surface area (Å²) in [7, 11) is 0. The number of aromatic nitrogens is 2. The van der Waals surface area contributed by atoms with Crippen molar-refractivity contribution in [1.29, 1.82) is 5.26 Å². The van der Waals surface area contributed by atoms with E-state index in [0.717, 1.165) is 66.1 Å². The molecule has 0 aliphatic rings. The minimum Gasteiger partial charge on any atom is -0.309 e. The largest absolute Gasteiger partial charge is 0.420 e. The Balaban J connectivity index is 1.21. The van der Waals surface area contributed by atoms with E-state index in [1.807, 2.05) is 176 Å². The molecule has 10 aromatic carbocycles. The van der Waals surface area contributed by atoms with Crippen LogP contribution in [0.3, 0.4) is 0 Å². The number of halogens is 3. The fourth-order valence-electron chi connectivity index (χ4n) is 10.00. The average molecular weight is 882 g/mol. The number of nitrogens with zero attached hydrogens (tertiary/aromatic N) is 3. The Bertz CT molecular complexity index is 3520. The van der Waals surface area contributed by atoms with Crippen LogP contribution in [0.4, 0.5) is 13.2 Å². The van der Waals surface area contributed by atoms with Crippen molar-refractivity contribution in [2.45, 2.75) is 6.18 Å². The maximum atomic E-state index is 16.8. The Morgan fingerprint density at radius 2 is 0.618 bits per heavy atom. The zero-order valence-electron chi connectivity index (χ0n) is 36.4. The molecule has 12 aromatic rings. The third kappa shape index (κ3) is 6.92. The molecule has 0 spiro atoms. The molecule has 0 saturated heterocycles. The van der Waals surface area contributed by atoms with E-state index in [1.54, 1.807) is 39.5 Å². The second kappa shape index (κ2) is 16.2. The summed E-state index contributed by atoms with van der Waals surface area (Å²) in [5.74, 6) is 0. The molecule has 322 valence electrons. The van der Waals surface area contributed by atoms with E-state index in [9.17, 15) is 5.26 Å². The van der Waals surface area contributed by atoms with Gasteiger partial charge in [-0.15, -0.1) is 0 Å². The molecule has 0 atom stereocenters. The first-order valence-electron chi connectivity index (χ1n) is 22.5. The number of rotatable bonds is 7. The first-order valence-corrected chi connectivity index (χ1v) is 22.5. The van der Waals surface area contributed by atoms with Crippen molar-refractivity contribution in [1.82, 2.24) is 9.13 Å². The molecule has 12 rings (SSSR count). The van der Waals surface area contributed by atoms with Gasteiger partial charge in [0.1, 0.15) is 5.56 Å². The minimum absolute atomic E-state index is 0.0240. The van der Waals surface area contributed by atoms with Crippen molar-refractivity contribution in [3.8, 4) is 73.1 Å². The van der Waals surface area contributed by atoms with E-state index in [-0.39, 0.29) is 11.4 Å². The maximum Gasteiger partial charge on any atom is 0.420 e. The van der Waals surface area contributed by atoms with E-state index in [2.05, 4.69) is 30.3 Å². The first-order chi connectivity index (χ1) is 33.3. The lowest BCUT2D eigenvalue weighted by molar-refractivity contribution is -0.137. The lowest BCUT2D eigenvalue weighted by atomic mass is 9.97. The number of nitriles is 1. The highest BCUT2D eigenvalue weighted by Crippen LogP contribution is 2.47. The molecule has 3 nitrogen and oxygen atoms in total. The summed E-state index contributed by atoms with van der Waals surface area (Å²) < 4.78 is 54.0. The van der Waals surface area contributed by atoms with Crippen LogP contribution >= 0.6 is 0 Å². The Labute approximate surface area is 390 Å². The van der Waals surface area contributed by atoms with Gasteiger partial charge < -0.3 is 9.13 Å². The van der Waals surface area contributed by atoms with Gasteiger partial charge in [-0.3, -0.25) is 0 Å². The Kier molecular flexibility index (Phi) is 9.67. The van der Waals surface area contributed by atoms with Gasteiger partial charge in [0.15, 0.2) is 0 Å². The van der Waals surface area contributed by atoms with Gasteiger partial charge in [-0.1, -0.05) is 158 Å². The molecule has 68 heavy (non-hydrogen) atoms. The second-order valence-corrected chi connectivity index (χ2v) is 17.1. The molecule has 0 amide bonds. The third-order valence-corrected chi connectivity index (χ3v) is 13.1. The topological polar surface area (TPSA) is 33.6 Å². The first kappa shape index (κ1) is 40.6. The van der Waals surface area contributed by atoms with Crippen molar-refractivity contribution in [2.75, 3.05) is 0 Å². The summed E-state index contributed by atoms with van der Waals surface area (Å²) in [4.78, 5) is 0. The van der Waals surface area contributed by atoms with Crippen molar-refractivity contribution in [3.05, 3.63) is 242 Å². The predicted molar refractivity (Wildman–Crippen MR) is 272 cm³/mol. The Hall–Kier alpha value is -8.92. The fraction of sp³-hybridized carbons (Fsp3) is 0.0161. The van der Waals surface area contributed by atoms with Crippen LogP contribution in [0.25, 0.3) is 111 Å². The quantitative estimate of drug-likeness (QED) is 0.157. The summed E-state index contributed by atoms with van der Waals surface area (Å²) in [5, 5.41) is 13.3. The zero-order valence-corrected chi connectivity index (χ0v) is 36.4. The highest BCUT2D eigenvalue weighted by molar-refractivity contribution is 6.13. The van der Waals surface area contributed by atoms with Crippen LogP contribution in [-0.2, 0) is 6.18 Å². The van der Waals surface area contributed by atoms with E-state index in [4.69, 9.17) is 0 Å². The van der Waals surface area contributed by atoms with Crippen molar-refractivity contribution >= 4 is 43.6 Å². The second-order valence-electron chi connectivity index (χ2n) is 17.1. The molecule has 0 aliphatic carbocycles. The van der Waals surface area contributed by atoms with Crippen LogP contribution in [0.2, 0.25) is 0 Å². The molecule has 0 saturated carbocycles. The summed E-state index contributed by atoms with van der Waals surface area (Å²) in [6.45, 7) is 0. The average Bonchev–Trinajstić information content (AvgIpc) is 3.90. The molecule has 0 fully saturated rings. The fourth-order valence-corrected chi connectivity index (χ4v) is 10.00. The van der Waals surface area contributed by atoms with E-state index in [0.29, 0.717) is 38.8 Å². The van der Waals surface area contributed by atoms with Crippen LogP contribution in [-0.4, -0.2) is 9.13 Å². The van der Waals surface area contributed by atoms with Crippen molar-refractivity contribution in [3.63, 3.8) is 0 Å². The van der Waals surface area contributed by atoms with E-state index in [1.165, 1.54) is 0 Å². The zero-order chi connectivity index (χ0) is 45.9. The highest BCUT2D eigenvalue weighted by Gasteiger charge is 2.39. The number of alkyl halides is 3. The van der Waals surface area contributed by atoms with Gasteiger partial charge in [0, 0.05) is 21.5 Å². The third-order valence-electron chi connectivity index (χ3n) is 13.1. The van der Waals surface area contributed by atoms with Crippen LogP contribution in [0.5, 0.6) is 0 Å². The summed E-state index contributed by atoms with van der Waals surface area (Å²) in [5.41, 5.74) is 11.1. The van der Waals surface area contributed by atoms with Gasteiger partial charge in [0.2, 0.25) is 0 Å². The van der Waals surface area contributed by atoms with Gasteiger partial charge in [0.05, 0.1) is 45.1 Å². The van der Waals surface area contributed by atoms with Crippen LogP contribution in [0.15, 0.2) is 231 Å². The molecule has 2 aromatic heterocycles. The van der Waals surface area contributed by atoms with Gasteiger partial charge >= 0.3 is 6.18 Å². The standard InChI is InChI=1S/C62H38F3N3/c63-62(64,65)61-59(67-55-28-24-46(41-15-5-1-6-16-41)33-51(55)52-34-47(25-29-56(52)67)42-17-7-2-8-18-42)37-50(45-23-13-14-40(32-45)39-66)38-60(61)68-57-30-26-48(43-19-9-3-10-20-43)35-53(57)54-36-49(27-31-58(54)68)44-21-11-4-12-22-44/h1-38H. The molecule has 0 radical (unpaired) electrons. The molecule has 0 unspecified atom stereocenters. The highest BCUT2D eigenvalue weighted by atomic mass is 19.4. The molecule has 0 bridgehead atoms. The van der Waals surface area contributed by atoms with E-state index < -0.39 is 11.7 Å². The summed E-state index contributed by atoms with van der Waals surface area (Å²) >= 11 is 0. The smallest absolute Gasteiger partial charge is 0.309 e. The molecule has 0 aliphatic heterocycles. The monoisotopic (exact) mass is 881 g/mol. The molecular weight excluding hydrogens is 844 g/mol. The number of fused-ring (bicyclic) bond motifs is 6. The molecule has 6 heteroatoms. The predicted octanol–water partition coefficient (Wildman–Crippen LogP) is 17.1. The summed E-state index contributed by atoms with van der Waals surface area (Å²) in [6, 6.07) is 76.8. The number of benzene rings is 10. The van der Waals surface area contributed by atoms with Gasteiger partial charge in [-0.05, 0) is 128 Å². The number of hydrogen-bond donors (Lipinski definition) is 0. The molecule has 0 N–H and O–H groups in total. The minimum atomic E-state index is -4.84. The molecular formula is C62H38F3N3. The van der Waals surface area contributed by atoms with Crippen molar-refractivity contribution < 1.29 is 13.2 Å². The van der Waals surface area contributed by atoms with Crippen LogP contribution in [0, 0.1) is 11.3 Å². The van der Waals surface area contributed by atoms with Gasteiger partial charge in [-0.25, -0.2) is 0 Å². The van der Waals surface area contributed by atoms with E-state index >= 15 is 13.2 Å². The van der Waals surface area contributed by atoms with Crippen LogP contribution < -0.4 is 0 Å². The SMILES string of the molecule is N#Cc1cccc(-c2cc(-n3c4ccc(-c5ccccc5)cc4c4cc(-c5ccccc5)ccc43)c(C(F)(F)F)c(-n3c4ccc(-c5ccccc5)cc4c4cc(-c5ccccc5)ccc43)c2)c1.